The van der Waals surface area contributed by atoms with E-state index in [1.54, 1.807) is 0 Å². The summed E-state index contributed by atoms with van der Waals surface area (Å²) in [5, 5.41) is 12.1. The third-order valence-corrected chi connectivity index (χ3v) is 3.59. The molecule has 0 aromatic heterocycles. The topological polar surface area (TPSA) is 49.3 Å². The normalized spacial score (nSPS) is 25.6. The fraction of sp³-hybridized carbons (Fsp3) is 0.923. The maximum absolute atomic E-state index is 10.3. The monoisotopic (exact) mass is 227 g/mol. The van der Waals surface area contributed by atoms with E-state index in [-0.39, 0.29) is 0 Å². The van der Waals surface area contributed by atoms with Gasteiger partial charge in [-0.05, 0) is 38.1 Å². The second kappa shape index (κ2) is 7.66. The molecule has 0 aliphatic heterocycles. The lowest BCUT2D eigenvalue weighted by atomic mass is 9.86. The Morgan fingerprint density at radius 2 is 2.00 bits per heavy atom. The van der Waals surface area contributed by atoms with E-state index in [1.807, 2.05) is 0 Å². The van der Waals surface area contributed by atoms with Crippen molar-refractivity contribution in [1.82, 2.24) is 5.32 Å². The highest BCUT2D eigenvalue weighted by atomic mass is 16.4. The number of hydrogen-bond donors (Lipinski definition) is 2. The van der Waals surface area contributed by atoms with Crippen molar-refractivity contribution >= 4 is 5.97 Å². The van der Waals surface area contributed by atoms with Crippen LogP contribution in [0.4, 0.5) is 0 Å². The number of rotatable bonds is 7. The molecule has 0 aromatic carbocycles. The lowest BCUT2D eigenvalue weighted by Crippen LogP contribution is -2.37. The summed E-state index contributed by atoms with van der Waals surface area (Å²) in [7, 11) is 0. The summed E-state index contributed by atoms with van der Waals surface area (Å²) in [6, 6.07) is 0.702. The molecular formula is C13H25NO2. The van der Waals surface area contributed by atoms with E-state index in [1.165, 1.54) is 25.7 Å². The molecule has 0 heterocycles. The fourth-order valence-corrected chi connectivity index (χ4v) is 2.48. The molecule has 1 aliphatic rings. The standard InChI is InChI=1S/C13H25NO2/c1-11-7-4-5-8-12(11)14-10-6-2-3-9-13(15)16/h11-12,14H,2-10H2,1H3,(H,15,16). The summed E-state index contributed by atoms with van der Waals surface area (Å²) in [5.74, 6) is 0.140. The lowest BCUT2D eigenvalue weighted by molar-refractivity contribution is -0.137. The van der Waals surface area contributed by atoms with Crippen LogP contribution in [0.1, 0.15) is 58.3 Å². The predicted octanol–water partition coefficient (Wildman–Crippen LogP) is 2.80. The molecule has 1 rings (SSSR count). The molecule has 0 aromatic rings. The minimum absolute atomic E-state index is 0.319. The van der Waals surface area contributed by atoms with Gasteiger partial charge in [-0.25, -0.2) is 0 Å². The van der Waals surface area contributed by atoms with Crippen molar-refractivity contribution in [3.8, 4) is 0 Å². The number of carboxylic acid groups (broad SMARTS) is 1. The van der Waals surface area contributed by atoms with Crippen LogP contribution in [0.25, 0.3) is 0 Å². The highest BCUT2D eigenvalue weighted by molar-refractivity contribution is 5.66. The number of nitrogens with one attached hydrogen (secondary N) is 1. The lowest BCUT2D eigenvalue weighted by Gasteiger charge is -2.29. The van der Waals surface area contributed by atoms with E-state index in [0.717, 1.165) is 31.7 Å². The molecule has 3 heteroatoms. The first-order valence-electron chi connectivity index (χ1n) is 6.65. The third kappa shape index (κ3) is 5.50. The SMILES string of the molecule is CC1CCCCC1NCCCCCC(=O)O. The molecule has 1 saturated carbocycles. The van der Waals surface area contributed by atoms with Crippen LogP contribution in [0.3, 0.4) is 0 Å². The highest BCUT2D eigenvalue weighted by Crippen LogP contribution is 2.23. The first kappa shape index (κ1) is 13.5. The van der Waals surface area contributed by atoms with Gasteiger partial charge in [0.15, 0.2) is 0 Å². The van der Waals surface area contributed by atoms with Crippen LogP contribution < -0.4 is 5.32 Å². The van der Waals surface area contributed by atoms with Crippen molar-refractivity contribution in [2.45, 2.75) is 64.3 Å². The molecule has 1 fully saturated rings. The summed E-state index contributed by atoms with van der Waals surface area (Å²) in [5.41, 5.74) is 0. The van der Waals surface area contributed by atoms with Crippen LogP contribution in [0.15, 0.2) is 0 Å². The van der Waals surface area contributed by atoms with E-state index < -0.39 is 5.97 Å². The Balaban J connectivity index is 1.95. The van der Waals surface area contributed by atoms with Gasteiger partial charge in [0.2, 0.25) is 0 Å². The van der Waals surface area contributed by atoms with Crippen LogP contribution >= 0.6 is 0 Å². The zero-order chi connectivity index (χ0) is 11.8. The zero-order valence-electron chi connectivity index (χ0n) is 10.4. The smallest absolute Gasteiger partial charge is 0.303 e. The van der Waals surface area contributed by atoms with Crippen molar-refractivity contribution in [3.05, 3.63) is 0 Å². The molecular weight excluding hydrogens is 202 g/mol. The minimum atomic E-state index is -0.672. The Kier molecular flexibility index (Phi) is 6.46. The average Bonchev–Trinajstić information content (AvgIpc) is 2.25. The second-order valence-electron chi connectivity index (χ2n) is 5.03. The molecule has 1 aliphatic carbocycles. The van der Waals surface area contributed by atoms with Gasteiger partial charge in [-0.2, -0.15) is 0 Å². The summed E-state index contributed by atoms with van der Waals surface area (Å²) in [4.78, 5) is 10.3. The fourth-order valence-electron chi connectivity index (χ4n) is 2.48. The zero-order valence-corrected chi connectivity index (χ0v) is 10.4. The van der Waals surface area contributed by atoms with E-state index in [4.69, 9.17) is 5.11 Å². The Labute approximate surface area is 98.6 Å². The number of unbranched alkanes of at least 4 members (excludes halogenated alkanes) is 2. The number of aliphatic carboxylic acids is 1. The minimum Gasteiger partial charge on any atom is -0.481 e. The van der Waals surface area contributed by atoms with Gasteiger partial charge < -0.3 is 10.4 Å². The predicted molar refractivity (Wildman–Crippen MR) is 65.5 cm³/mol. The van der Waals surface area contributed by atoms with Crippen LogP contribution in [0.2, 0.25) is 0 Å². The van der Waals surface area contributed by atoms with Crippen LogP contribution in [-0.4, -0.2) is 23.7 Å². The summed E-state index contributed by atoms with van der Waals surface area (Å²) >= 11 is 0. The summed E-state index contributed by atoms with van der Waals surface area (Å²) in [6.45, 7) is 3.38. The molecule has 94 valence electrons. The Morgan fingerprint density at radius 1 is 1.25 bits per heavy atom. The van der Waals surface area contributed by atoms with Gasteiger partial charge in [0.05, 0.1) is 0 Å². The molecule has 0 saturated heterocycles. The number of carboxylic acids is 1. The van der Waals surface area contributed by atoms with Gasteiger partial charge in [0.1, 0.15) is 0 Å². The van der Waals surface area contributed by atoms with Crippen LogP contribution in [0.5, 0.6) is 0 Å². The Morgan fingerprint density at radius 3 is 2.69 bits per heavy atom. The van der Waals surface area contributed by atoms with Gasteiger partial charge in [0, 0.05) is 12.5 Å². The largest absolute Gasteiger partial charge is 0.481 e. The summed E-state index contributed by atoms with van der Waals surface area (Å²) < 4.78 is 0. The molecule has 2 atom stereocenters. The quantitative estimate of drug-likeness (QED) is 0.657. The van der Waals surface area contributed by atoms with E-state index in [9.17, 15) is 4.79 Å². The molecule has 0 spiro atoms. The molecule has 16 heavy (non-hydrogen) atoms. The maximum atomic E-state index is 10.3. The maximum Gasteiger partial charge on any atom is 0.303 e. The Hall–Kier alpha value is -0.570. The van der Waals surface area contributed by atoms with E-state index in [0.29, 0.717) is 12.5 Å². The van der Waals surface area contributed by atoms with Crippen molar-refractivity contribution in [2.24, 2.45) is 5.92 Å². The van der Waals surface area contributed by atoms with Gasteiger partial charge in [0.25, 0.3) is 0 Å². The molecule has 0 amide bonds. The molecule has 0 bridgehead atoms. The van der Waals surface area contributed by atoms with Gasteiger partial charge >= 0.3 is 5.97 Å². The highest BCUT2D eigenvalue weighted by Gasteiger charge is 2.19. The van der Waals surface area contributed by atoms with Gasteiger partial charge in [-0.3, -0.25) is 4.79 Å². The molecule has 2 unspecified atom stereocenters. The number of carbonyl (C=O) groups is 1. The second-order valence-corrected chi connectivity index (χ2v) is 5.03. The van der Waals surface area contributed by atoms with E-state index >= 15 is 0 Å². The van der Waals surface area contributed by atoms with Crippen molar-refractivity contribution in [2.75, 3.05) is 6.54 Å². The van der Waals surface area contributed by atoms with Crippen molar-refractivity contribution in [1.29, 1.82) is 0 Å². The first-order chi connectivity index (χ1) is 7.70. The molecule has 2 N–H and O–H groups in total. The average molecular weight is 227 g/mol. The van der Waals surface area contributed by atoms with Crippen molar-refractivity contribution < 1.29 is 9.90 Å². The van der Waals surface area contributed by atoms with Crippen LogP contribution in [-0.2, 0) is 4.79 Å². The Bertz CT molecular complexity index is 206. The van der Waals surface area contributed by atoms with Gasteiger partial charge in [-0.1, -0.05) is 26.2 Å². The van der Waals surface area contributed by atoms with Crippen LogP contribution in [0, 0.1) is 5.92 Å². The number of hydrogen-bond acceptors (Lipinski definition) is 2. The third-order valence-electron chi connectivity index (χ3n) is 3.59. The summed E-state index contributed by atoms with van der Waals surface area (Å²) in [6.07, 6.45) is 8.69. The first-order valence-corrected chi connectivity index (χ1v) is 6.65. The molecule has 0 radical (unpaired) electrons. The van der Waals surface area contributed by atoms with E-state index in [2.05, 4.69) is 12.2 Å². The van der Waals surface area contributed by atoms with Gasteiger partial charge in [-0.15, -0.1) is 0 Å². The van der Waals surface area contributed by atoms with Crippen molar-refractivity contribution in [3.63, 3.8) is 0 Å². The molecule has 3 nitrogen and oxygen atoms in total.